The molecule has 0 spiro atoms. The van der Waals surface area contributed by atoms with Crippen LogP contribution in [0.25, 0.3) is 0 Å². The van der Waals surface area contributed by atoms with E-state index in [1.165, 1.54) is 0 Å². The van der Waals surface area contributed by atoms with Crippen molar-refractivity contribution >= 4 is 0 Å². The number of likely N-dealkylation sites (tertiary alicyclic amines) is 1. The average molecular weight is 165 g/mol. The van der Waals surface area contributed by atoms with E-state index in [2.05, 4.69) is 6.92 Å². The van der Waals surface area contributed by atoms with Crippen molar-refractivity contribution in [3.8, 4) is 0 Å². The predicted octanol–water partition coefficient (Wildman–Crippen LogP) is 2.23. The van der Waals surface area contributed by atoms with Gasteiger partial charge < -0.3 is 0 Å². The topological polar surface area (TPSA) is 3.24 Å². The molecule has 0 aromatic heterocycles. The van der Waals surface area contributed by atoms with E-state index >= 15 is 0 Å². The van der Waals surface area contributed by atoms with Crippen LogP contribution in [0.15, 0.2) is 0 Å². The largest absolute Gasteiger partial charge is 0.297 e. The van der Waals surface area contributed by atoms with Gasteiger partial charge >= 0.3 is 0 Å². The maximum atomic E-state index is 11.6. The van der Waals surface area contributed by atoms with Crippen LogP contribution in [0.2, 0.25) is 0 Å². The molecule has 1 aliphatic rings. The van der Waals surface area contributed by atoms with Gasteiger partial charge in [0.1, 0.15) is 0 Å². The maximum Gasteiger partial charge on any atom is 0.251 e. The summed E-state index contributed by atoms with van der Waals surface area (Å²) < 4.78 is 23.2. The van der Waals surface area contributed by atoms with Gasteiger partial charge in [0, 0.05) is 13.1 Å². The highest BCUT2D eigenvalue weighted by atomic mass is 19.3. The van der Waals surface area contributed by atoms with Gasteiger partial charge in [-0.1, -0.05) is 20.8 Å². The highest BCUT2D eigenvalue weighted by molar-refractivity contribution is 4.75. The molecule has 0 aromatic rings. The number of alkyl halides is 2. The summed E-state index contributed by atoms with van der Waals surface area (Å²) in [6, 6.07) is 0. The minimum atomic E-state index is -2.16. The number of hydrogen-bond acceptors (Lipinski definition) is 1. The van der Waals surface area contributed by atoms with Gasteiger partial charge in [-0.15, -0.1) is 0 Å². The summed E-state index contributed by atoms with van der Waals surface area (Å²) in [6.45, 7) is 7.74. The fourth-order valence-electron chi connectivity index (χ4n) is 1.17. The van der Waals surface area contributed by atoms with E-state index in [0.717, 1.165) is 13.1 Å². The molecule has 0 aromatic carbocycles. The molecule has 1 rings (SSSR count). The molecular formula is C8H17F2N. The highest BCUT2D eigenvalue weighted by Crippen LogP contribution is 2.14. The molecule has 68 valence electrons. The smallest absolute Gasteiger partial charge is 0.251 e. The minimum Gasteiger partial charge on any atom is -0.297 e. The first-order valence-corrected chi connectivity index (χ1v) is 4.19. The molecule has 0 amide bonds. The Kier molecular flexibility index (Phi) is 5.38. The van der Waals surface area contributed by atoms with Crippen molar-refractivity contribution < 1.29 is 8.78 Å². The van der Waals surface area contributed by atoms with Crippen molar-refractivity contribution in [2.24, 2.45) is 5.92 Å². The quantitative estimate of drug-likeness (QED) is 0.606. The van der Waals surface area contributed by atoms with Gasteiger partial charge in [-0.2, -0.15) is 0 Å². The molecule has 11 heavy (non-hydrogen) atoms. The summed E-state index contributed by atoms with van der Waals surface area (Å²) in [5, 5.41) is 0. The zero-order valence-electron chi connectivity index (χ0n) is 7.48. The van der Waals surface area contributed by atoms with Gasteiger partial charge in [0.15, 0.2) is 0 Å². The lowest BCUT2D eigenvalue weighted by molar-refractivity contribution is 0.0310. The Labute approximate surface area is 67.4 Å². The molecule has 1 saturated heterocycles. The van der Waals surface area contributed by atoms with E-state index in [1.54, 1.807) is 4.90 Å². The Hall–Kier alpha value is -0.180. The molecule has 1 aliphatic heterocycles. The Bertz CT molecular complexity index is 90.1. The zero-order chi connectivity index (χ0) is 8.85. The Morgan fingerprint density at radius 3 is 2.09 bits per heavy atom. The molecule has 0 unspecified atom stereocenters. The standard InChI is InChI=1S/C6H11F2N.C2H6/c1-5-2-9(3-5)4-6(7)8;1-2/h5-6H,2-4H2,1H3;1-2H3. The molecule has 0 saturated carbocycles. The van der Waals surface area contributed by atoms with Crippen LogP contribution in [-0.4, -0.2) is 31.0 Å². The third kappa shape index (κ3) is 4.30. The lowest BCUT2D eigenvalue weighted by atomic mass is 10.0. The van der Waals surface area contributed by atoms with Crippen LogP contribution in [0.5, 0.6) is 0 Å². The Morgan fingerprint density at radius 2 is 1.82 bits per heavy atom. The first-order valence-electron chi connectivity index (χ1n) is 4.19. The Morgan fingerprint density at radius 1 is 1.36 bits per heavy atom. The van der Waals surface area contributed by atoms with Crippen LogP contribution in [-0.2, 0) is 0 Å². The molecule has 1 nitrogen and oxygen atoms in total. The van der Waals surface area contributed by atoms with Crippen molar-refractivity contribution in [1.82, 2.24) is 4.90 Å². The average Bonchev–Trinajstić information content (AvgIpc) is 1.88. The van der Waals surface area contributed by atoms with E-state index < -0.39 is 6.43 Å². The highest BCUT2D eigenvalue weighted by Gasteiger charge is 2.24. The van der Waals surface area contributed by atoms with Crippen molar-refractivity contribution in [3.05, 3.63) is 0 Å². The fourth-order valence-corrected chi connectivity index (χ4v) is 1.17. The van der Waals surface area contributed by atoms with Gasteiger partial charge in [0.2, 0.25) is 0 Å². The van der Waals surface area contributed by atoms with Crippen LogP contribution in [0.1, 0.15) is 20.8 Å². The third-order valence-electron chi connectivity index (χ3n) is 1.54. The van der Waals surface area contributed by atoms with Crippen LogP contribution >= 0.6 is 0 Å². The van der Waals surface area contributed by atoms with Gasteiger partial charge in [0.05, 0.1) is 6.54 Å². The molecule has 0 bridgehead atoms. The number of halogens is 2. The van der Waals surface area contributed by atoms with E-state index in [9.17, 15) is 8.78 Å². The SMILES string of the molecule is CC.CC1CN(CC(F)F)C1. The van der Waals surface area contributed by atoms with E-state index in [1.807, 2.05) is 13.8 Å². The van der Waals surface area contributed by atoms with Crippen LogP contribution < -0.4 is 0 Å². The van der Waals surface area contributed by atoms with E-state index in [0.29, 0.717) is 5.92 Å². The second kappa shape index (κ2) is 5.47. The first-order chi connectivity index (χ1) is 5.18. The second-order valence-corrected chi connectivity index (χ2v) is 2.71. The van der Waals surface area contributed by atoms with Crippen LogP contribution in [0, 0.1) is 5.92 Å². The molecular weight excluding hydrogens is 148 g/mol. The molecule has 1 fully saturated rings. The summed E-state index contributed by atoms with van der Waals surface area (Å²) in [5.41, 5.74) is 0. The van der Waals surface area contributed by atoms with Crippen molar-refractivity contribution in [3.63, 3.8) is 0 Å². The number of nitrogens with zero attached hydrogens (tertiary/aromatic N) is 1. The van der Waals surface area contributed by atoms with Crippen LogP contribution in [0.3, 0.4) is 0 Å². The minimum absolute atomic E-state index is 0.0374. The fraction of sp³-hybridized carbons (Fsp3) is 1.00. The first kappa shape index (κ1) is 10.8. The lowest BCUT2D eigenvalue weighted by Gasteiger charge is -2.36. The van der Waals surface area contributed by atoms with E-state index in [-0.39, 0.29) is 6.54 Å². The van der Waals surface area contributed by atoms with Crippen molar-refractivity contribution in [2.75, 3.05) is 19.6 Å². The zero-order valence-corrected chi connectivity index (χ0v) is 7.48. The second-order valence-electron chi connectivity index (χ2n) is 2.71. The predicted molar refractivity (Wildman–Crippen MR) is 43.0 cm³/mol. The molecule has 0 radical (unpaired) electrons. The van der Waals surface area contributed by atoms with Gasteiger partial charge in [0.25, 0.3) is 6.43 Å². The number of rotatable bonds is 2. The molecule has 0 aliphatic carbocycles. The van der Waals surface area contributed by atoms with Gasteiger partial charge in [-0.3, -0.25) is 4.90 Å². The summed E-state index contributed by atoms with van der Waals surface area (Å²) in [7, 11) is 0. The summed E-state index contributed by atoms with van der Waals surface area (Å²) >= 11 is 0. The third-order valence-corrected chi connectivity index (χ3v) is 1.54. The molecule has 0 N–H and O–H groups in total. The van der Waals surface area contributed by atoms with Gasteiger partial charge in [-0.05, 0) is 5.92 Å². The summed E-state index contributed by atoms with van der Waals surface area (Å²) in [5.74, 6) is 0.628. The molecule has 3 heteroatoms. The lowest BCUT2D eigenvalue weighted by Crippen LogP contribution is -2.47. The van der Waals surface area contributed by atoms with Crippen LogP contribution in [0.4, 0.5) is 8.78 Å². The van der Waals surface area contributed by atoms with Crippen molar-refractivity contribution in [2.45, 2.75) is 27.2 Å². The maximum absolute atomic E-state index is 11.6. The summed E-state index contributed by atoms with van der Waals surface area (Å²) in [6.07, 6.45) is -2.16. The van der Waals surface area contributed by atoms with E-state index in [4.69, 9.17) is 0 Å². The Balaban J connectivity index is 0.000000461. The van der Waals surface area contributed by atoms with Crippen molar-refractivity contribution in [1.29, 1.82) is 0 Å². The normalized spacial score (nSPS) is 19.1. The van der Waals surface area contributed by atoms with Gasteiger partial charge in [-0.25, -0.2) is 8.78 Å². The molecule has 1 heterocycles. The monoisotopic (exact) mass is 165 g/mol. The summed E-state index contributed by atoms with van der Waals surface area (Å²) in [4.78, 5) is 1.77. The number of hydrogen-bond donors (Lipinski definition) is 0. The molecule has 0 atom stereocenters.